The van der Waals surface area contributed by atoms with E-state index in [-0.39, 0.29) is 17.3 Å². The average molecular weight is 235 g/mol. The molecule has 1 aromatic heterocycles. The lowest BCUT2D eigenvalue weighted by Crippen LogP contribution is -2.27. The number of carboxylic acid groups (broad SMARTS) is 1. The van der Waals surface area contributed by atoms with Gasteiger partial charge in [-0.3, -0.25) is 4.79 Å². The number of carbonyl (C=O) groups excluding carboxylic acids is 1. The summed E-state index contributed by atoms with van der Waals surface area (Å²) in [6.07, 6.45) is 3.40. The Bertz CT molecular complexity index is 444. The summed E-state index contributed by atoms with van der Waals surface area (Å²) in [5, 5.41) is 11.4. The minimum absolute atomic E-state index is 0.142. The van der Waals surface area contributed by atoms with E-state index in [1.165, 1.54) is 6.20 Å². The first-order chi connectivity index (χ1) is 8.08. The van der Waals surface area contributed by atoms with Crippen LogP contribution in [-0.4, -0.2) is 33.5 Å². The third kappa shape index (κ3) is 2.77. The van der Waals surface area contributed by atoms with E-state index in [0.29, 0.717) is 18.4 Å². The number of hydrogen-bond donors (Lipinski definition) is 2. The molecule has 1 heterocycles. The number of amides is 1. The van der Waals surface area contributed by atoms with E-state index in [0.717, 1.165) is 12.6 Å². The minimum atomic E-state index is -1.16. The van der Waals surface area contributed by atoms with Crippen LogP contribution in [-0.2, 0) is 0 Å². The molecule has 2 N–H and O–H groups in total. The largest absolute Gasteiger partial charge is 0.476 e. The number of aromatic carboxylic acids is 1. The van der Waals surface area contributed by atoms with E-state index in [9.17, 15) is 9.59 Å². The number of nitrogens with zero attached hydrogens (tertiary/aromatic N) is 2. The molecule has 1 aliphatic carbocycles. The normalized spacial score (nSPS) is 21.9. The van der Waals surface area contributed by atoms with Gasteiger partial charge < -0.3 is 10.4 Å². The number of aromatic nitrogens is 2. The Morgan fingerprint density at radius 2 is 2.00 bits per heavy atom. The molecule has 0 saturated heterocycles. The van der Waals surface area contributed by atoms with Crippen molar-refractivity contribution in [2.75, 3.05) is 6.54 Å². The average Bonchev–Trinajstić information content (AvgIpc) is 3.02. The lowest BCUT2D eigenvalue weighted by Gasteiger charge is -2.03. The molecule has 0 aromatic carbocycles. The highest BCUT2D eigenvalue weighted by Crippen LogP contribution is 2.36. The second-order valence-corrected chi connectivity index (χ2v) is 4.28. The van der Waals surface area contributed by atoms with Gasteiger partial charge in [0.05, 0.1) is 12.4 Å². The van der Waals surface area contributed by atoms with E-state index in [1.807, 2.05) is 0 Å². The maximum Gasteiger partial charge on any atom is 0.356 e. The molecule has 0 aliphatic heterocycles. The Morgan fingerprint density at radius 1 is 1.41 bits per heavy atom. The molecule has 0 bridgehead atoms. The van der Waals surface area contributed by atoms with Crippen molar-refractivity contribution in [2.45, 2.75) is 13.3 Å². The molecule has 17 heavy (non-hydrogen) atoms. The van der Waals surface area contributed by atoms with Crippen molar-refractivity contribution in [1.29, 1.82) is 0 Å². The highest BCUT2D eigenvalue weighted by atomic mass is 16.4. The van der Waals surface area contributed by atoms with E-state index in [4.69, 9.17) is 5.11 Å². The van der Waals surface area contributed by atoms with Crippen molar-refractivity contribution in [1.82, 2.24) is 15.3 Å². The maximum atomic E-state index is 11.6. The number of nitrogens with one attached hydrogen (secondary N) is 1. The maximum absolute atomic E-state index is 11.6. The Labute approximate surface area is 98.1 Å². The van der Waals surface area contributed by atoms with Crippen molar-refractivity contribution in [3.8, 4) is 0 Å². The topological polar surface area (TPSA) is 92.2 Å². The van der Waals surface area contributed by atoms with Gasteiger partial charge in [-0.1, -0.05) is 6.92 Å². The molecule has 90 valence electrons. The van der Waals surface area contributed by atoms with Crippen molar-refractivity contribution >= 4 is 11.9 Å². The van der Waals surface area contributed by atoms with Crippen LogP contribution in [0, 0.1) is 11.8 Å². The zero-order valence-corrected chi connectivity index (χ0v) is 9.38. The van der Waals surface area contributed by atoms with Crippen molar-refractivity contribution in [3.05, 3.63) is 23.8 Å². The first-order valence-corrected chi connectivity index (χ1v) is 5.41. The standard InChI is InChI=1S/C11H13N3O3/c1-6-2-7(6)3-14-10(15)8-4-13-9(5-12-8)11(16)17/h4-7H,2-3H2,1H3,(H,14,15)(H,16,17). The Balaban J connectivity index is 1.92. The van der Waals surface area contributed by atoms with E-state index < -0.39 is 5.97 Å². The van der Waals surface area contributed by atoms with Crippen LogP contribution in [0.1, 0.15) is 34.3 Å². The number of hydrogen-bond acceptors (Lipinski definition) is 4. The summed E-state index contributed by atoms with van der Waals surface area (Å²) in [5.74, 6) is -0.231. The predicted octanol–water partition coefficient (Wildman–Crippen LogP) is 0.561. The highest BCUT2D eigenvalue weighted by Gasteiger charge is 2.32. The van der Waals surface area contributed by atoms with E-state index >= 15 is 0 Å². The monoisotopic (exact) mass is 235 g/mol. The van der Waals surface area contributed by atoms with Gasteiger partial charge in [0.15, 0.2) is 5.69 Å². The van der Waals surface area contributed by atoms with Gasteiger partial charge in [-0.25, -0.2) is 14.8 Å². The zero-order chi connectivity index (χ0) is 12.4. The molecule has 2 unspecified atom stereocenters. The van der Waals surface area contributed by atoms with Gasteiger partial charge >= 0.3 is 5.97 Å². The summed E-state index contributed by atoms with van der Waals surface area (Å²) < 4.78 is 0. The quantitative estimate of drug-likeness (QED) is 0.795. The lowest BCUT2D eigenvalue weighted by atomic mass is 10.3. The van der Waals surface area contributed by atoms with Crippen molar-refractivity contribution in [3.63, 3.8) is 0 Å². The third-order valence-corrected chi connectivity index (χ3v) is 2.90. The van der Waals surface area contributed by atoms with Gasteiger partial charge in [0.25, 0.3) is 5.91 Å². The van der Waals surface area contributed by atoms with Gasteiger partial charge in [-0.05, 0) is 18.3 Å². The van der Waals surface area contributed by atoms with Crippen LogP contribution in [0.2, 0.25) is 0 Å². The molecule has 1 amide bonds. The molecule has 2 rings (SSSR count). The van der Waals surface area contributed by atoms with Gasteiger partial charge in [0.2, 0.25) is 0 Å². The van der Waals surface area contributed by atoms with Crippen LogP contribution in [0.25, 0.3) is 0 Å². The highest BCUT2D eigenvalue weighted by molar-refractivity contribution is 5.92. The van der Waals surface area contributed by atoms with E-state index in [1.54, 1.807) is 0 Å². The van der Waals surface area contributed by atoms with Crippen molar-refractivity contribution < 1.29 is 14.7 Å². The fourth-order valence-electron chi connectivity index (χ4n) is 1.55. The summed E-state index contributed by atoms with van der Waals surface area (Å²) in [7, 11) is 0. The second kappa shape index (κ2) is 4.48. The molecule has 2 atom stereocenters. The molecule has 6 heteroatoms. The number of carboxylic acids is 1. The van der Waals surface area contributed by atoms with Gasteiger partial charge in [-0.2, -0.15) is 0 Å². The van der Waals surface area contributed by atoms with Crippen LogP contribution >= 0.6 is 0 Å². The smallest absolute Gasteiger partial charge is 0.356 e. The number of rotatable bonds is 4. The second-order valence-electron chi connectivity index (χ2n) is 4.28. The Kier molecular flexibility index (Phi) is 3.03. The molecule has 6 nitrogen and oxygen atoms in total. The van der Waals surface area contributed by atoms with Gasteiger partial charge in [0.1, 0.15) is 5.69 Å². The molecule has 1 aromatic rings. The summed E-state index contributed by atoms with van der Waals surface area (Å²) in [6, 6.07) is 0. The molecule has 1 aliphatic rings. The zero-order valence-electron chi connectivity index (χ0n) is 9.38. The number of carbonyl (C=O) groups is 2. The van der Waals surface area contributed by atoms with Crippen LogP contribution in [0.4, 0.5) is 0 Å². The minimum Gasteiger partial charge on any atom is -0.476 e. The lowest BCUT2D eigenvalue weighted by molar-refractivity contribution is 0.0689. The molecular weight excluding hydrogens is 222 g/mol. The SMILES string of the molecule is CC1CC1CNC(=O)c1cnc(C(=O)O)cn1. The summed E-state index contributed by atoms with van der Waals surface area (Å²) in [6.45, 7) is 2.78. The fourth-order valence-corrected chi connectivity index (χ4v) is 1.55. The van der Waals surface area contributed by atoms with Gasteiger partial charge in [-0.15, -0.1) is 0 Å². The summed E-state index contributed by atoms with van der Waals surface area (Å²) in [4.78, 5) is 29.5. The van der Waals surface area contributed by atoms with Gasteiger partial charge in [0, 0.05) is 6.54 Å². The Morgan fingerprint density at radius 3 is 2.47 bits per heavy atom. The predicted molar refractivity (Wildman–Crippen MR) is 58.6 cm³/mol. The Hall–Kier alpha value is -1.98. The van der Waals surface area contributed by atoms with Crippen LogP contribution in [0.5, 0.6) is 0 Å². The first-order valence-electron chi connectivity index (χ1n) is 5.41. The molecule has 0 radical (unpaired) electrons. The van der Waals surface area contributed by atoms with E-state index in [2.05, 4.69) is 22.2 Å². The summed E-state index contributed by atoms with van der Waals surface area (Å²) >= 11 is 0. The molecule has 0 spiro atoms. The van der Waals surface area contributed by atoms with Crippen LogP contribution < -0.4 is 5.32 Å². The first kappa shape index (κ1) is 11.5. The fraction of sp³-hybridized carbons (Fsp3) is 0.455. The molecule has 1 fully saturated rings. The molecule has 1 saturated carbocycles. The molecular formula is C11H13N3O3. The third-order valence-electron chi connectivity index (χ3n) is 2.90. The van der Waals surface area contributed by atoms with Crippen LogP contribution in [0.15, 0.2) is 12.4 Å². The van der Waals surface area contributed by atoms with Crippen LogP contribution in [0.3, 0.4) is 0 Å². The summed E-state index contributed by atoms with van der Waals surface area (Å²) in [5.41, 5.74) is -0.0272. The van der Waals surface area contributed by atoms with Crippen molar-refractivity contribution in [2.24, 2.45) is 11.8 Å².